The Morgan fingerprint density at radius 1 is 1.53 bits per heavy atom. The Morgan fingerprint density at radius 2 is 2.24 bits per heavy atom. The van der Waals surface area contributed by atoms with Crippen molar-refractivity contribution in [1.82, 2.24) is 4.98 Å². The van der Waals surface area contributed by atoms with E-state index in [0.717, 1.165) is 40.6 Å². The Hall–Kier alpha value is -0.900. The molecule has 1 aromatic rings. The highest BCUT2D eigenvalue weighted by Gasteiger charge is 2.27. The first-order chi connectivity index (χ1) is 7.99. The molecule has 17 heavy (non-hydrogen) atoms. The van der Waals surface area contributed by atoms with E-state index in [1.165, 1.54) is 6.42 Å². The molecule has 0 N–H and O–H groups in total. The molecular formula is C13H20N2OS. The van der Waals surface area contributed by atoms with E-state index < -0.39 is 0 Å². The minimum absolute atomic E-state index is 0.130. The molecule has 2 heterocycles. The van der Waals surface area contributed by atoms with Gasteiger partial charge in [-0.2, -0.15) is 0 Å². The number of hydrogen-bond donors (Lipinski definition) is 0. The summed E-state index contributed by atoms with van der Waals surface area (Å²) in [6.45, 7) is 10.3. The number of thiazole rings is 1. The van der Waals surface area contributed by atoms with Crippen LogP contribution in [0.3, 0.4) is 0 Å². The van der Waals surface area contributed by atoms with Gasteiger partial charge in [-0.25, -0.2) is 4.98 Å². The fourth-order valence-electron chi connectivity index (χ4n) is 2.35. The number of Topliss-reactive ketones (excluding diaryl/α,β-unsaturated/α-hetero) is 1. The lowest BCUT2D eigenvalue weighted by Gasteiger charge is -2.16. The molecule has 0 aromatic carbocycles. The monoisotopic (exact) mass is 252 g/mol. The van der Waals surface area contributed by atoms with Crippen LogP contribution in [0.5, 0.6) is 0 Å². The maximum absolute atomic E-state index is 11.4. The molecule has 1 atom stereocenters. The normalized spacial score (nSPS) is 20.3. The first kappa shape index (κ1) is 12.6. The van der Waals surface area contributed by atoms with Gasteiger partial charge in [0.15, 0.2) is 10.9 Å². The molecule has 0 saturated carbocycles. The van der Waals surface area contributed by atoms with Crippen LogP contribution in [0.1, 0.15) is 42.6 Å². The zero-order valence-electron chi connectivity index (χ0n) is 11.0. The van der Waals surface area contributed by atoms with E-state index in [-0.39, 0.29) is 5.78 Å². The van der Waals surface area contributed by atoms with Crippen molar-refractivity contribution in [3.63, 3.8) is 0 Å². The van der Waals surface area contributed by atoms with E-state index in [1.807, 2.05) is 6.92 Å². The summed E-state index contributed by atoms with van der Waals surface area (Å²) >= 11 is 1.54. The van der Waals surface area contributed by atoms with Gasteiger partial charge < -0.3 is 4.90 Å². The molecule has 0 bridgehead atoms. The molecular weight excluding hydrogens is 232 g/mol. The summed E-state index contributed by atoms with van der Waals surface area (Å²) in [5, 5.41) is 1.02. The zero-order chi connectivity index (χ0) is 12.6. The number of aromatic nitrogens is 1. The maximum Gasteiger partial charge on any atom is 0.186 e. The lowest BCUT2D eigenvalue weighted by atomic mass is 9.95. The summed E-state index contributed by atoms with van der Waals surface area (Å²) in [6, 6.07) is 0. The molecule has 94 valence electrons. The highest BCUT2D eigenvalue weighted by molar-refractivity contribution is 7.17. The summed E-state index contributed by atoms with van der Waals surface area (Å²) in [7, 11) is 0. The molecule has 1 saturated heterocycles. The van der Waals surface area contributed by atoms with Crippen LogP contribution in [0, 0.1) is 18.8 Å². The number of ketones is 1. The van der Waals surface area contributed by atoms with Gasteiger partial charge in [0, 0.05) is 20.0 Å². The predicted molar refractivity (Wildman–Crippen MR) is 72.0 cm³/mol. The fourth-order valence-corrected chi connectivity index (χ4v) is 3.35. The number of aryl methyl sites for hydroxylation is 1. The van der Waals surface area contributed by atoms with Crippen LogP contribution in [0.25, 0.3) is 0 Å². The van der Waals surface area contributed by atoms with Crippen molar-refractivity contribution in [2.75, 3.05) is 18.0 Å². The van der Waals surface area contributed by atoms with Gasteiger partial charge in [0.25, 0.3) is 0 Å². The van der Waals surface area contributed by atoms with Gasteiger partial charge in [-0.1, -0.05) is 25.2 Å². The molecule has 2 rings (SSSR count). The molecule has 0 spiro atoms. The van der Waals surface area contributed by atoms with Crippen molar-refractivity contribution < 1.29 is 4.79 Å². The summed E-state index contributed by atoms with van der Waals surface area (Å²) < 4.78 is 0. The number of carbonyl (C=O) groups excluding carboxylic acids is 1. The molecule has 1 unspecified atom stereocenters. The summed E-state index contributed by atoms with van der Waals surface area (Å²) in [6.07, 6.45) is 1.24. The fraction of sp³-hybridized carbons (Fsp3) is 0.692. The standard InChI is InChI=1S/C13H20N2OS/c1-8(2)11-5-6-15(7-11)13-14-9(3)12(17-13)10(4)16/h8,11H,5-7H2,1-4H3. The van der Waals surface area contributed by atoms with Crippen LogP contribution in [0.4, 0.5) is 5.13 Å². The van der Waals surface area contributed by atoms with Gasteiger partial charge >= 0.3 is 0 Å². The van der Waals surface area contributed by atoms with Crippen LogP contribution >= 0.6 is 11.3 Å². The third kappa shape index (κ3) is 2.51. The zero-order valence-corrected chi connectivity index (χ0v) is 11.8. The molecule has 0 amide bonds. The van der Waals surface area contributed by atoms with Crippen LogP contribution in [-0.4, -0.2) is 23.9 Å². The van der Waals surface area contributed by atoms with Gasteiger partial charge in [0.2, 0.25) is 0 Å². The van der Waals surface area contributed by atoms with E-state index in [4.69, 9.17) is 0 Å². The summed E-state index contributed by atoms with van der Waals surface area (Å²) in [4.78, 5) is 19.1. The Balaban J connectivity index is 2.14. The quantitative estimate of drug-likeness (QED) is 0.775. The Labute approximate surface area is 107 Å². The van der Waals surface area contributed by atoms with E-state index in [1.54, 1.807) is 18.3 Å². The second-order valence-electron chi connectivity index (χ2n) is 5.21. The van der Waals surface area contributed by atoms with Gasteiger partial charge in [0.05, 0.1) is 10.6 Å². The lowest BCUT2D eigenvalue weighted by molar-refractivity contribution is 0.102. The van der Waals surface area contributed by atoms with Crippen LogP contribution in [-0.2, 0) is 0 Å². The largest absolute Gasteiger partial charge is 0.348 e. The Morgan fingerprint density at radius 3 is 2.71 bits per heavy atom. The van der Waals surface area contributed by atoms with Crippen molar-refractivity contribution in [2.45, 2.75) is 34.1 Å². The number of hydrogen-bond acceptors (Lipinski definition) is 4. The molecule has 1 aromatic heterocycles. The van der Waals surface area contributed by atoms with Gasteiger partial charge in [-0.3, -0.25) is 4.79 Å². The van der Waals surface area contributed by atoms with Crippen LogP contribution < -0.4 is 4.90 Å². The Kier molecular flexibility index (Phi) is 3.52. The van der Waals surface area contributed by atoms with Crippen LogP contribution in [0.2, 0.25) is 0 Å². The van der Waals surface area contributed by atoms with E-state index in [2.05, 4.69) is 23.7 Å². The smallest absolute Gasteiger partial charge is 0.186 e. The summed E-state index contributed by atoms with van der Waals surface area (Å²) in [5.74, 6) is 1.62. The average Bonchev–Trinajstić information content (AvgIpc) is 2.82. The maximum atomic E-state index is 11.4. The van der Waals surface area contributed by atoms with Crippen molar-refractivity contribution >= 4 is 22.3 Å². The van der Waals surface area contributed by atoms with E-state index >= 15 is 0 Å². The minimum Gasteiger partial charge on any atom is -0.348 e. The van der Waals surface area contributed by atoms with Crippen molar-refractivity contribution in [3.05, 3.63) is 10.6 Å². The number of nitrogens with zero attached hydrogens (tertiary/aromatic N) is 2. The molecule has 0 aliphatic carbocycles. The number of rotatable bonds is 3. The topological polar surface area (TPSA) is 33.2 Å². The van der Waals surface area contributed by atoms with Crippen molar-refractivity contribution in [1.29, 1.82) is 0 Å². The number of carbonyl (C=O) groups is 1. The molecule has 1 aliphatic heterocycles. The average molecular weight is 252 g/mol. The SMILES string of the molecule is CC(=O)c1sc(N2CCC(C(C)C)C2)nc1C. The molecule has 3 nitrogen and oxygen atoms in total. The highest BCUT2D eigenvalue weighted by atomic mass is 32.1. The van der Waals surface area contributed by atoms with Crippen LogP contribution in [0.15, 0.2) is 0 Å². The second-order valence-corrected chi connectivity index (χ2v) is 6.18. The lowest BCUT2D eigenvalue weighted by Crippen LogP contribution is -2.20. The van der Waals surface area contributed by atoms with Crippen molar-refractivity contribution in [2.24, 2.45) is 11.8 Å². The third-order valence-electron chi connectivity index (χ3n) is 3.54. The predicted octanol–water partition coefficient (Wildman–Crippen LogP) is 3.14. The van der Waals surface area contributed by atoms with Gasteiger partial charge in [-0.15, -0.1) is 0 Å². The molecule has 1 fully saturated rings. The number of anilines is 1. The molecule has 0 radical (unpaired) electrons. The Bertz CT molecular complexity index is 425. The highest BCUT2D eigenvalue weighted by Crippen LogP contribution is 2.32. The first-order valence-corrected chi connectivity index (χ1v) is 7.04. The molecule has 4 heteroatoms. The second kappa shape index (κ2) is 4.77. The van der Waals surface area contributed by atoms with E-state index in [9.17, 15) is 4.79 Å². The summed E-state index contributed by atoms with van der Waals surface area (Å²) in [5.41, 5.74) is 0.880. The third-order valence-corrected chi connectivity index (χ3v) is 4.86. The van der Waals surface area contributed by atoms with Gasteiger partial charge in [-0.05, 0) is 25.2 Å². The van der Waals surface area contributed by atoms with Crippen molar-refractivity contribution in [3.8, 4) is 0 Å². The first-order valence-electron chi connectivity index (χ1n) is 6.22. The molecule has 1 aliphatic rings. The van der Waals surface area contributed by atoms with E-state index in [0.29, 0.717) is 0 Å². The minimum atomic E-state index is 0.130. The van der Waals surface area contributed by atoms with Gasteiger partial charge in [0.1, 0.15) is 0 Å².